The zero-order valence-electron chi connectivity index (χ0n) is 10.6. The number of hydrogen-bond acceptors (Lipinski definition) is 1. The van der Waals surface area contributed by atoms with Gasteiger partial charge in [-0.1, -0.05) is 36.3 Å². The monoisotopic (exact) mass is 216 g/mol. The minimum absolute atomic E-state index is 0.226. The Labute approximate surface area is 98.8 Å². The van der Waals surface area contributed by atoms with Crippen LogP contribution in [0.4, 0.5) is 0 Å². The summed E-state index contributed by atoms with van der Waals surface area (Å²) in [4.78, 5) is 0. The van der Waals surface area contributed by atoms with Crippen molar-refractivity contribution in [2.24, 2.45) is 0 Å². The predicted molar refractivity (Wildman–Crippen MR) is 68.2 cm³/mol. The molecule has 0 heterocycles. The Morgan fingerprint density at radius 2 is 1.69 bits per heavy atom. The van der Waals surface area contributed by atoms with Crippen LogP contribution in [-0.2, 0) is 11.2 Å². The number of terminal acetylenes is 1. The second-order valence-corrected chi connectivity index (χ2v) is 5.25. The van der Waals surface area contributed by atoms with E-state index in [1.807, 2.05) is 45.9 Å². The summed E-state index contributed by atoms with van der Waals surface area (Å²) in [5.41, 5.74) is 0.433. The minimum Gasteiger partial charge on any atom is -0.357 e. The van der Waals surface area contributed by atoms with E-state index in [-0.39, 0.29) is 5.60 Å². The van der Waals surface area contributed by atoms with Gasteiger partial charge in [0.1, 0.15) is 5.60 Å². The predicted octanol–water partition coefficient (Wildman–Crippen LogP) is 3.44. The van der Waals surface area contributed by atoms with E-state index in [0.717, 1.165) is 6.42 Å². The summed E-state index contributed by atoms with van der Waals surface area (Å²) < 4.78 is 5.94. The quantitative estimate of drug-likeness (QED) is 0.703. The van der Waals surface area contributed by atoms with Crippen LogP contribution in [0.25, 0.3) is 0 Å². The lowest BCUT2D eigenvalue weighted by atomic mass is 9.96. The zero-order chi connectivity index (χ0) is 12.2. The van der Waals surface area contributed by atoms with E-state index in [9.17, 15) is 0 Å². The van der Waals surface area contributed by atoms with Crippen molar-refractivity contribution >= 4 is 0 Å². The number of benzene rings is 1. The fraction of sp³-hybridized carbons (Fsp3) is 0.467. The summed E-state index contributed by atoms with van der Waals surface area (Å²) in [7, 11) is 0. The minimum atomic E-state index is -0.542. The highest BCUT2D eigenvalue weighted by Crippen LogP contribution is 2.23. The van der Waals surface area contributed by atoms with Crippen LogP contribution in [0, 0.1) is 12.3 Å². The smallest absolute Gasteiger partial charge is 0.130 e. The van der Waals surface area contributed by atoms with Crippen LogP contribution >= 0.6 is 0 Å². The summed E-state index contributed by atoms with van der Waals surface area (Å²) >= 11 is 0. The third kappa shape index (κ3) is 4.08. The third-order valence-electron chi connectivity index (χ3n) is 2.22. The Hall–Kier alpha value is -1.26. The standard InChI is InChI=1S/C15H20O/c1-6-15(5,16-14(2,3)4)12-13-10-8-7-9-11-13/h1,7-11H,12H2,2-5H3. The van der Waals surface area contributed by atoms with Gasteiger partial charge < -0.3 is 4.74 Å². The lowest BCUT2D eigenvalue weighted by Gasteiger charge is -2.32. The van der Waals surface area contributed by atoms with Crippen LogP contribution in [0.2, 0.25) is 0 Å². The Morgan fingerprint density at radius 3 is 2.12 bits per heavy atom. The van der Waals surface area contributed by atoms with E-state index in [4.69, 9.17) is 11.2 Å². The molecule has 1 nitrogen and oxygen atoms in total. The van der Waals surface area contributed by atoms with Crippen molar-refractivity contribution in [2.75, 3.05) is 0 Å². The fourth-order valence-corrected chi connectivity index (χ4v) is 1.78. The molecular formula is C15H20O. The first-order chi connectivity index (χ1) is 7.35. The third-order valence-corrected chi connectivity index (χ3v) is 2.22. The molecule has 0 aromatic heterocycles. The summed E-state index contributed by atoms with van der Waals surface area (Å²) in [5.74, 6) is 2.76. The van der Waals surface area contributed by atoms with Crippen LogP contribution in [0.15, 0.2) is 30.3 Å². The molecular weight excluding hydrogens is 196 g/mol. The van der Waals surface area contributed by atoms with Gasteiger partial charge in [-0.3, -0.25) is 0 Å². The average molecular weight is 216 g/mol. The summed E-state index contributed by atoms with van der Waals surface area (Å²) in [6, 6.07) is 10.2. The first-order valence-corrected chi connectivity index (χ1v) is 5.56. The van der Waals surface area contributed by atoms with E-state index >= 15 is 0 Å². The molecule has 16 heavy (non-hydrogen) atoms. The SMILES string of the molecule is C#CC(C)(Cc1ccccc1)OC(C)(C)C. The van der Waals surface area contributed by atoms with Gasteiger partial charge in [0.05, 0.1) is 5.60 Å². The molecule has 1 aromatic rings. The molecule has 1 rings (SSSR count). The Bertz CT molecular complexity index is 367. The topological polar surface area (TPSA) is 9.23 Å². The maximum absolute atomic E-state index is 5.94. The van der Waals surface area contributed by atoms with Crippen molar-refractivity contribution in [1.29, 1.82) is 0 Å². The van der Waals surface area contributed by atoms with E-state index in [0.29, 0.717) is 0 Å². The van der Waals surface area contributed by atoms with E-state index in [1.54, 1.807) is 0 Å². The molecule has 0 aliphatic carbocycles. The average Bonchev–Trinajstić information content (AvgIpc) is 2.16. The molecule has 0 N–H and O–H groups in total. The van der Waals surface area contributed by atoms with Crippen molar-refractivity contribution in [2.45, 2.75) is 45.3 Å². The van der Waals surface area contributed by atoms with Gasteiger partial charge in [-0.15, -0.1) is 6.42 Å². The summed E-state index contributed by atoms with van der Waals surface area (Å²) in [5, 5.41) is 0. The molecule has 0 amide bonds. The molecule has 0 fully saturated rings. The van der Waals surface area contributed by atoms with E-state index in [1.165, 1.54) is 5.56 Å². The van der Waals surface area contributed by atoms with Crippen LogP contribution < -0.4 is 0 Å². The van der Waals surface area contributed by atoms with Gasteiger partial charge in [-0.05, 0) is 33.3 Å². The molecule has 0 saturated heterocycles. The van der Waals surface area contributed by atoms with Crippen molar-refractivity contribution in [1.82, 2.24) is 0 Å². The lowest BCUT2D eigenvalue weighted by Crippen LogP contribution is -2.38. The summed E-state index contributed by atoms with van der Waals surface area (Å²) in [6.45, 7) is 8.03. The fourth-order valence-electron chi connectivity index (χ4n) is 1.78. The van der Waals surface area contributed by atoms with Gasteiger partial charge in [0.25, 0.3) is 0 Å². The van der Waals surface area contributed by atoms with E-state index in [2.05, 4.69) is 18.1 Å². The van der Waals surface area contributed by atoms with Gasteiger partial charge in [-0.2, -0.15) is 0 Å². The highest BCUT2D eigenvalue weighted by atomic mass is 16.5. The molecule has 0 aliphatic heterocycles. The first kappa shape index (κ1) is 12.8. The largest absolute Gasteiger partial charge is 0.357 e. The van der Waals surface area contributed by atoms with Gasteiger partial charge in [-0.25, -0.2) is 0 Å². The van der Waals surface area contributed by atoms with Crippen molar-refractivity contribution in [3.8, 4) is 12.3 Å². The van der Waals surface area contributed by atoms with Crippen LogP contribution in [0.1, 0.15) is 33.3 Å². The van der Waals surface area contributed by atoms with Gasteiger partial charge >= 0.3 is 0 Å². The second kappa shape index (κ2) is 4.72. The lowest BCUT2D eigenvalue weighted by molar-refractivity contribution is -0.0893. The Balaban J connectivity index is 2.80. The van der Waals surface area contributed by atoms with Crippen LogP contribution in [0.3, 0.4) is 0 Å². The van der Waals surface area contributed by atoms with Crippen molar-refractivity contribution in [3.05, 3.63) is 35.9 Å². The molecule has 1 atom stereocenters. The molecule has 0 bridgehead atoms. The zero-order valence-corrected chi connectivity index (χ0v) is 10.6. The van der Waals surface area contributed by atoms with Gasteiger partial charge in [0.15, 0.2) is 0 Å². The molecule has 1 unspecified atom stereocenters. The maximum Gasteiger partial charge on any atom is 0.130 e. The summed E-state index contributed by atoms with van der Waals surface area (Å²) in [6.07, 6.45) is 6.32. The highest BCUT2D eigenvalue weighted by Gasteiger charge is 2.28. The number of rotatable bonds is 3. The van der Waals surface area contributed by atoms with E-state index < -0.39 is 5.60 Å². The van der Waals surface area contributed by atoms with Crippen LogP contribution in [0.5, 0.6) is 0 Å². The van der Waals surface area contributed by atoms with Gasteiger partial charge in [0.2, 0.25) is 0 Å². The Morgan fingerprint density at radius 1 is 1.12 bits per heavy atom. The molecule has 0 saturated carbocycles. The highest BCUT2D eigenvalue weighted by molar-refractivity contribution is 5.21. The van der Waals surface area contributed by atoms with Gasteiger partial charge in [0, 0.05) is 6.42 Å². The molecule has 1 aromatic carbocycles. The van der Waals surface area contributed by atoms with Crippen LogP contribution in [-0.4, -0.2) is 11.2 Å². The van der Waals surface area contributed by atoms with Crippen molar-refractivity contribution in [3.63, 3.8) is 0 Å². The normalized spacial score (nSPS) is 15.2. The maximum atomic E-state index is 5.94. The molecule has 1 heteroatoms. The van der Waals surface area contributed by atoms with Crippen molar-refractivity contribution < 1.29 is 4.74 Å². The molecule has 0 radical (unpaired) electrons. The molecule has 86 valence electrons. The molecule has 0 spiro atoms. The number of hydrogen-bond donors (Lipinski definition) is 0. The Kier molecular flexibility index (Phi) is 3.78. The first-order valence-electron chi connectivity index (χ1n) is 5.56. The number of ether oxygens (including phenoxy) is 1. The molecule has 0 aliphatic rings. The second-order valence-electron chi connectivity index (χ2n) is 5.25.